The van der Waals surface area contributed by atoms with Gasteiger partial charge in [-0.15, -0.1) is 5.10 Å². The molecule has 0 unspecified atom stereocenters. The third kappa shape index (κ3) is 4.14. The van der Waals surface area contributed by atoms with Crippen LogP contribution in [0.5, 0.6) is 5.75 Å². The van der Waals surface area contributed by atoms with E-state index in [4.69, 9.17) is 4.74 Å². The number of carbonyl (C=O) groups is 3. The Morgan fingerprint density at radius 2 is 1.97 bits per heavy atom. The van der Waals surface area contributed by atoms with Crippen molar-refractivity contribution < 1.29 is 19.1 Å². The van der Waals surface area contributed by atoms with Crippen LogP contribution in [0.25, 0.3) is 0 Å². The highest BCUT2D eigenvalue weighted by atomic mass is 16.5. The Labute approximate surface area is 175 Å². The van der Waals surface area contributed by atoms with Gasteiger partial charge in [0.2, 0.25) is 12.3 Å². The van der Waals surface area contributed by atoms with Crippen LogP contribution in [0.2, 0.25) is 0 Å². The summed E-state index contributed by atoms with van der Waals surface area (Å²) >= 11 is 0. The molecule has 3 amide bonds. The average molecular weight is 413 g/mol. The quantitative estimate of drug-likeness (QED) is 0.530. The van der Waals surface area contributed by atoms with Gasteiger partial charge in [0, 0.05) is 18.5 Å². The molecule has 0 saturated carbocycles. The van der Waals surface area contributed by atoms with Gasteiger partial charge in [-0.1, -0.05) is 20.3 Å². The van der Waals surface area contributed by atoms with Crippen LogP contribution in [0.1, 0.15) is 49.2 Å². The van der Waals surface area contributed by atoms with Gasteiger partial charge in [0.15, 0.2) is 5.82 Å². The smallest absolute Gasteiger partial charge is 0.318 e. The third-order valence-corrected chi connectivity index (χ3v) is 5.07. The number of benzene rings is 1. The number of urea groups is 1. The molecule has 9 heteroatoms. The molecule has 1 aliphatic heterocycles. The van der Waals surface area contributed by atoms with Crippen molar-refractivity contribution in [1.29, 1.82) is 0 Å². The molecule has 160 valence electrons. The van der Waals surface area contributed by atoms with E-state index in [-0.39, 0.29) is 31.4 Å². The van der Waals surface area contributed by atoms with Gasteiger partial charge in [0.1, 0.15) is 5.75 Å². The largest absolute Gasteiger partial charge is 0.497 e. The van der Waals surface area contributed by atoms with Crippen LogP contribution in [0.3, 0.4) is 0 Å². The minimum absolute atomic E-state index is 0.189. The SMILES string of the molecule is CCCCNC(=O)N1Cc2c(N(C=O)c3ccc(OC)cc3)nn(C(=O)CC)c2C1. The number of rotatable bonds is 8. The maximum Gasteiger partial charge on any atom is 0.318 e. The van der Waals surface area contributed by atoms with Crippen LogP contribution in [0.4, 0.5) is 16.3 Å². The van der Waals surface area contributed by atoms with E-state index in [1.54, 1.807) is 43.2 Å². The maximum absolute atomic E-state index is 12.5. The molecule has 0 saturated heterocycles. The summed E-state index contributed by atoms with van der Waals surface area (Å²) in [5, 5.41) is 7.33. The van der Waals surface area contributed by atoms with Crippen LogP contribution >= 0.6 is 0 Å². The van der Waals surface area contributed by atoms with Gasteiger partial charge in [0.05, 0.1) is 31.6 Å². The van der Waals surface area contributed by atoms with Gasteiger partial charge in [-0.25, -0.2) is 9.48 Å². The van der Waals surface area contributed by atoms with E-state index < -0.39 is 0 Å². The van der Waals surface area contributed by atoms with E-state index in [9.17, 15) is 14.4 Å². The second kappa shape index (κ2) is 9.43. The predicted octanol–water partition coefficient (Wildman–Crippen LogP) is 3.06. The van der Waals surface area contributed by atoms with E-state index in [1.807, 2.05) is 0 Å². The number of aromatic nitrogens is 2. The second-order valence-electron chi connectivity index (χ2n) is 7.02. The second-order valence-corrected chi connectivity index (χ2v) is 7.02. The Hall–Kier alpha value is -3.36. The zero-order chi connectivity index (χ0) is 21.7. The standard InChI is InChI=1S/C21H27N5O4/c1-4-6-11-22-21(29)24-12-17-18(13-24)26(19(28)5-2)23-20(17)25(14-27)15-7-9-16(30-3)10-8-15/h7-10,14H,4-6,11-13H2,1-3H3,(H,22,29). The van der Waals surface area contributed by atoms with Crippen molar-refractivity contribution in [2.45, 2.75) is 46.2 Å². The van der Waals surface area contributed by atoms with E-state index in [0.29, 0.717) is 41.5 Å². The van der Waals surface area contributed by atoms with Gasteiger partial charge in [-0.3, -0.25) is 14.5 Å². The molecule has 2 heterocycles. The number of amides is 3. The Morgan fingerprint density at radius 3 is 2.57 bits per heavy atom. The summed E-state index contributed by atoms with van der Waals surface area (Å²) in [4.78, 5) is 40.0. The zero-order valence-corrected chi connectivity index (χ0v) is 17.6. The maximum atomic E-state index is 12.5. The minimum Gasteiger partial charge on any atom is -0.497 e. The van der Waals surface area contributed by atoms with E-state index in [2.05, 4.69) is 17.3 Å². The molecule has 30 heavy (non-hydrogen) atoms. The average Bonchev–Trinajstić information content (AvgIpc) is 3.35. The summed E-state index contributed by atoms with van der Waals surface area (Å²) in [6, 6.07) is 6.78. The third-order valence-electron chi connectivity index (χ3n) is 5.07. The van der Waals surface area contributed by atoms with Gasteiger partial charge in [-0.2, -0.15) is 0 Å². The number of methoxy groups -OCH3 is 1. The van der Waals surface area contributed by atoms with Crippen molar-refractivity contribution in [2.75, 3.05) is 18.6 Å². The fourth-order valence-electron chi connectivity index (χ4n) is 3.38. The number of anilines is 2. The number of nitrogens with one attached hydrogen (secondary N) is 1. The molecule has 3 rings (SSSR count). The van der Waals surface area contributed by atoms with Crippen molar-refractivity contribution in [3.8, 4) is 5.75 Å². The molecule has 2 aromatic rings. The van der Waals surface area contributed by atoms with E-state index >= 15 is 0 Å². The van der Waals surface area contributed by atoms with Crippen molar-refractivity contribution in [1.82, 2.24) is 20.0 Å². The number of ether oxygens (including phenoxy) is 1. The highest BCUT2D eigenvalue weighted by Gasteiger charge is 2.34. The molecule has 0 radical (unpaired) electrons. The number of fused-ring (bicyclic) bond motifs is 1. The highest BCUT2D eigenvalue weighted by molar-refractivity contribution is 5.89. The summed E-state index contributed by atoms with van der Waals surface area (Å²) < 4.78 is 6.49. The Bertz CT molecular complexity index is 922. The van der Waals surface area contributed by atoms with Gasteiger partial charge >= 0.3 is 6.03 Å². The first-order valence-electron chi connectivity index (χ1n) is 10.1. The topological polar surface area (TPSA) is 96.8 Å². The lowest BCUT2D eigenvalue weighted by atomic mass is 10.2. The Morgan fingerprint density at radius 1 is 1.23 bits per heavy atom. The van der Waals surface area contributed by atoms with Crippen LogP contribution in [-0.2, 0) is 17.9 Å². The molecular weight excluding hydrogens is 386 g/mol. The fourth-order valence-corrected chi connectivity index (χ4v) is 3.38. The van der Waals surface area contributed by atoms with Crippen LogP contribution in [-0.4, -0.2) is 46.7 Å². The van der Waals surface area contributed by atoms with Gasteiger partial charge in [-0.05, 0) is 30.7 Å². The molecule has 0 aliphatic carbocycles. The first kappa shape index (κ1) is 21.4. The van der Waals surface area contributed by atoms with Crippen LogP contribution in [0.15, 0.2) is 24.3 Å². The number of carbonyl (C=O) groups excluding carboxylic acids is 3. The molecule has 0 bridgehead atoms. The normalized spacial score (nSPS) is 12.4. The predicted molar refractivity (Wildman–Crippen MR) is 112 cm³/mol. The fraction of sp³-hybridized carbons (Fsp3) is 0.429. The molecular formula is C21H27N5O4. The first-order chi connectivity index (χ1) is 14.5. The molecule has 9 nitrogen and oxygen atoms in total. The molecule has 0 fully saturated rings. The Balaban J connectivity index is 1.93. The summed E-state index contributed by atoms with van der Waals surface area (Å²) in [5.41, 5.74) is 1.93. The summed E-state index contributed by atoms with van der Waals surface area (Å²) in [7, 11) is 1.57. The number of hydrogen-bond donors (Lipinski definition) is 1. The number of hydrogen-bond acceptors (Lipinski definition) is 5. The molecule has 1 N–H and O–H groups in total. The first-order valence-corrected chi connectivity index (χ1v) is 10.1. The lowest BCUT2D eigenvalue weighted by Crippen LogP contribution is -2.37. The Kier molecular flexibility index (Phi) is 6.71. The van der Waals surface area contributed by atoms with Crippen LogP contribution in [0, 0.1) is 0 Å². The lowest BCUT2D eigenvalue weighted by Gasteiger charge is -2.19. The molecule has 0 spiro atoms. The van der Waals surface area contributed by atoms with Crippen LogP contribution < -0.4 is 15.0 Å². The van der Waals surface area contributed by atoms with Crippen molar-refractivity contribution >= 4 is 29.9 Å². The van der Waals surface area contributed by atoms with E-state index in [1.165, 1.54) is 9.58 Å². The summed E-state index contributed by atoms with van der Waals surface area (Å²) in [6.07, 6.45) is 2.81. The highest BCUT2D eigenvalue weighted by Crippen LogP contribution is 2.35. The molecule has 1 aliphatic rings. The van der Waals surface area contributed by atoms with Crippen molar-refractivity contribution in [2.24, 2.45) is 0 Å². The monoisotopic (exact) mass is 413 g/mol. The lowest BCUT2D eigenvalue weighted by molar-refractivity contribution is -0.106. The van der Waals surface area contributed by atoms with Crippen molar-refractivity contribution in [3.05, 3.63) is 35.5 Å². The van der Waals surface area contributed by atoms with Gasteiger partial charge in [0.25, 0.3) is 0 Å². The number of nitrogens with zero attached hydrogens (tertiary/aromatic N) is 4. The molecule has 0 atom stereocenters. The summed E-state index contributed by atoms with van der Waals surface area (Å²) in [6.45, 7) is 4.95. The summed E-state index contributed by atoms with van der Waals surface area (Å²) in [5.74, 6) is 0.832. The van der Waals surface area contributed by atoms with Crippen molar-refractivity contribution in [3.63, 3.8) is 0 Å². The van der Waals surface area contributed by atoms with E-state index in [0.717, 1.165) is 12.8 Å². The minimum atomic E-state index is -0.191. The number of unbranched alkanes of at least 4 members (excludes halogenated alkanes) is 1. The molecule has 1 aromatic carbocycles. The zero-order valence-electron chi connectivity index (χ0n) is 17.6. The molecule has 1 aromatic heterocycles. The van der Waals surface area contributed by atoms with Gasteiger partial charge < -0.3 is 15.0 Å².